The second kappa shape index (κ2) is 6.37. The van der Waals surface area contributed by atoms with Crippen LogP contribution in [0.25, 0.3) is 0 Å². The molecule has 22 heavy (non-hydrogen) atoms. The average Bonchev–Trinajstić information content (AvgIpc) is 2.77. The fourth-order valence-corrected chi connectivity index (χ4v) is 4.38. The smallest absolute Gasteiger partial charge is 0.255 e. The normalized spacial score (nSPS) is 29.5. The third kappa shape index (κ3) is 3.26. The monoisotopic (exact) mass is 422 g/mol. The zero-order valence-corrected chi connectivity index (χ0v) is 14.1. The first-order valence-corrected chi connectivity index (χ1v) is 8.62. The quantitative estimate of drug-likeness (QED) is 0.301. The summed E-state index contributed by atoms with van der Waals surface area (Å²) >= 11 is 2.38. The summed E-state index contributed by atoms with van der Waals surface area (Å²) in [5.74, 6) is -0.691. The minimum Gasteiger partial charge on any atom is -0.343 e. The lowest BCUT2D eigenvalue weighted by Crippen LogP contribution is -2.52. The molecule has 1 aliphatic heterocycles. The van der Waals surface area contributed by atoms with Gasteiger partial charge in [0, 0.05) is 28.0 Å². The lowest BCUT2D eigenvalue weighted by Gasteiger charge is -2.34. The van der Waals surface area contributed by atoms with Crippen LogP contribution in [-0.2, 0) is 0 Å². The molecule has 1 aromatic carbocycles. The summed E-state index contributed by atoms with van der Waals surface area (Å²) in [6.45, 7) is 0. The molecule has 0 spiro atoms. The Labute approximate surface area is 141 Å². The van der Waals surface area contributed by atoms with Crippen molar-refractivity contribution in [1.29, 1.82) is 0 Å². The van der Waals surface area contributed by atoms with E-state index in [1.54, 1.807) is 4.58 Å². The van der Waals surface area contributed by atoms with Crippen LogP contribution in [0.4, 0.5) is 8.78 Å². The Hall–Kier alpha value is -0.800. The van der Waals surface area contributed by atoms with Crippen LogP contribution in [0, 0.1) is 11.6 Å². The molecule has 4 N–H and O–H groups in total. The van der Waals surface area contributed by atoms with E-state index in [0.717, 1.165) is 18.9 Å². The van der Waals surface area contributed by atoms with E-state index in [4.69, 9.17) is 5.73 Å². The van der Waals surface area contributed by atoms with E-state index in [1.807, 2.05) is 0 Å². The molecule has 1 unspecified atom stereocenters. The number of alkyl halides is 1. The number of hydrogen-bond donors (Lipinski definition) is 3. The van der Waals surface area contributed by atoms with Gasteiger partial charge in [0.2, 0.25) is 5.84 Å². The SMILES string of the molecule is NC1=[N+](C(O)NC2CC(I)C2)[C@H](c2cc(F)cc(F)c2)CC1. The number of aliphatic hydroxyl groups excluding tert-OH is 1. The van der Waals surface area contributed by atoms with E-state index < -0.39 is 18.0 Å². The standard InChI is InChI=1S/C15H18F2IN3O/c16-9-3-8(4-10(17)5-9)13-1-2-14(19)21(13)15(22)20-12-6-11(18)7-12/h3-5,11-13,15,19-20,22H,1-2,6-7H2/p+1/t11?,12?,13-,15?/m0/s1. The van der Waals surface area contributed by atoms with Crippen molar-refractivity contribution >= 4 is 28.4 Å². The van der Waals surface area contributed by atoms with Gasteiger partial charge in [0.25, 0.3) is 6.35 Å². The maximum Gasteiger partial charge on any atom is 0.255 e. The molecule has 120 valence electrons. The van der Waals surface area contributed by atoms with Crippen molar-refractivity contribution in [2.24, 2.45) is 5.73 Å². The fourth-order valence-electron chi connectivity index (χ4n) is 3.15. The van der Waals surface area contributed by atoms with Crippen LogP contribution in [0.3, 0.4) is 0 Å². The summed E-state index contributed by atoms with van der Waals surface area (Å²) in [5.41, 5.74) is 6.50. The van der Waals surface area contributed by atoms with E-state index in [-0.39, 0.29) is 12.1 Å². The highest BCUT2D eigenvalue weighted by atomic mass is 127. The van der Waals surface area contributed by atoms with Gasteiger partial charge >= 0.3 is 0 Å². The largest absolute Gasteiger partial charge is 0.343 e. The van der Waals surface area contributed by atoms with Gasteiger partial charge in [0.05, 0.1) is 6.42 Å². The Morgan fingerprint density at radius 2 is 1.91 bits per heavy atom. The molecule has 0 bridgehead atoms. The van der Waals surface area contributed by atoms with Crippen LogP contribution in [-0.4, -0.2) is 31.8 Å². The highest BCUT2D eigenvalue weighted by molar-refractivity contribution is 14.1. The number of benzene rings is 1. The molecule has 2 atom stereocenters. The first kappa shape index (κ1) is 16.1. The number of nitrogens with one attached hydrogen (secondary N) is 1. The maximum absolute atomic E-state index is 13.4. The number of hydrogen-bond acceptors (Lipinski definition) is 3. The number of amidine groups is 1. The summed E-state index contributed by atoms with van der Waals surface area (Å²) in [5, 5.41) is 13.6. The molecule has 0 aromatic heterocycles. The molecule has 1 aromatic rings. The van der Waals surface area contributed by atoms with Gasteiger partial charge in [0.15, 0.2) is 0 Å². The van der Waals surface area contributed by atoms with Crippen LogP contribution in [0.5, 0.6) is 0 Å². The van der Waals surface area contributed by atoms with Gasteiger partial charge in [-0.3, -0.25) is 11.1 Å². The number of nitrogens with two attached hydrogens (primary N) is 1. The highest BCUT2D eigenvalue weighted by Gasteiger charge is 2.37. The van der Waals surface area contributed by atoms with Gasteiger partial charge in [-0.2, -0.15) is 0 Å². The van der Waals surface area contributed by atoms with E-state index in [0.29, 0.717) is 28.2 Å². The van der Waals surface area contributed by atoms with Crippen LogP contribution in [0.15, 0.2) is 18.2 Å². The van der Waals surface area contributed by atoms with Crippen LogP contribution in [0.1, 0.15) is 37.3 Å². The molecule has 1 aliphatic carbocycles. The summed E-state index contributed by atoms with van der Waals surface area (Å²) < 4.78 is 29.2. The van der Waals surface area contributed by atoms with Gasteiger partial charge in [-0.05, 0) is 25.0 Å². The summed E-state index contributed by atoms with van der Waals surface area (Å²) in [7, 11) is 0. The van der Waals surface area contributed by atoms with Gasteiger partial charge in [-0.25, -0.2) is 13.4 Å². The highest BCUT2D eigenvalue weighted by Crippen LogP contribution is 2.31. The predicted octanol–water partition coefficient (Wildman–Crippen LogP) is 2.00. The lowest BCUT2D eigenvalue weighted by atomic mass is 9.93. The van der Waals surface area contributed by atoms with Gasteiger partial charge < -0.3 is 5.11 Å². The van der Waals surface area contributed by atoms with Crippen LogP contribution >= 0.6 is 22.6 Å². The molecular weight excluding hydrogens is 403 g/mol. The van der Waals surface area contributed by atoms with Crippen molar-refractivity contribution in [2.75, 3.05) is 0 Å². The van der Waals surface area contributed by atoms with Crippen molar-refractivity contribution in [1.82, 2.24) is 5.32 Å². The van der Waals surface area contributed by atoms with Gasteiger partial charge in [-0.1, -0.05) is 22.6 Å². The Morgan fingerprint density at radius 3 is 2.50 bits per heavy atom. The van der Waals surface area contributed by atoms with Gasteiger partial charge in [0.1, 0.15) is 17.7 Å². The van der Waals surface area contributed by atoms with Crippen molar-refractivity contribution in [3.8, 4) is 0 Å². The first-order valence-electron chi connectivity index (χ1n) is 7.38. The minimum atomic E-state index is -0.937. The topological polar surface area (TPSA) is 61.3 Å². The van der Waals surface area contributed by atoms with Crippen molar-refractivity contribution in [3.05, 3.63) is 35.4 Å². The average molecular weight is 422 g/mol. The molecule has 2 aliphatic rings. The molecule has 3 rings (SSSR count). The lowest BCUT2D eigenvalue weighted by molar-refractivity contribution is -0.647. The molecule has 1 saturated carbocycles. The minimum absolute atomic E-state index is 0.259. The number of halogens is 3. The second-order valence-electron chi connectivity index (χ2n) is 5.96. The molecular formula is C15H19F2IN3O+. The van der Waals surface area contributed by atoms with Crippen molar-refractivity contribution in [3.63, 3.8) is 0 Å². The van der Waals surface area contributed by atoms with Crippen LogP contribution < -0.4 is 11.1 Å². The van der Waals surface area contributed by atoms with Crippen LogP contribution in [0.2, 0.25) is 0 Å². The zero-order valence-electron chi connectivity index (χ0n) is 12.0. The van der Waals surface area contributed by atoms with Gasteiger partial charge in [-0.15, -0.1) is 0 Å². The molecule has 4 nitrogen and oxygen atoms in total. The third-order valence-electron chi connectivity index (χ3n) is 4.34. The van der Waals surface area contributed by atoms with E-state index in [1.165, 1.54) is 12.1 Å². The zero-order chi connectivity index (χ0) is 15.9. The maximum atomic E-state index is 13.4. The Morgan fingerprint density at radius 1 is 1.27 bits per heavy atom. The van der Waals surface area contributed by atoms with Crippen molar-refractivity contribution in [2.45, 2.75) is 48.0 Å². The summed E-state index contributed by atoms with van der Waals surface area (Å²) in [6, 6.07) is 3.39. The summed E-state index contributed by atoms with van der Waals surface area (Å²) in [6.07, 6.45) is 2.30. The third-order valence-corrected chi connectivity index (χ3v) is 5.36. The fraction of sp³-hybridized carbons (Fsp3) is 0.533. The molecule has 0 radical (unpaired) electrons. The second-order valence-corrected chi connectivity index (χ2v) is 7.72. The van der Waals surface area contributed by atoms with E-state index in [9.17, 15) is 13.9 Å². The number of aliphatic hydroxyl groups is 1. The Bertz CT molecular complexity index is 584. The summed E-state index contributed by atoms with van der Waals surface area (Å²) in [4.78, 5) is 0. The molecule has 7 heteroatoms. The predicted molar refractivity (Wildman–Crippen MR) is 87.8 cm³/mol. The van der Waals surface area contributed by atoms with E-state index in [2.05, 4.69) is 27.9 Å². The molecule has 0 saturated heterocycles. The first-order chi connectivity index (χ1) is 10.4. The Balaban J connectivity index is 1.79. The Kier molecular flexibility index (Phi) is 4.65. The molecule has 1 heterocycles. The number of rotatable bonds is 4. The molecule has 1 fully saturated rings. The number of nitrogens with zero attached hydrogens (tertiary/aromatic N) is 1. The van der Waals surface area contributed by atoms with Crippen molar-refractivity contribution < 1.29 is 18.5 Å². The van der Waals surface area contributed by atoms with E-state index >= 15 is 0 Å². The molecule has 0 amide bonds.